The van der Waals surface area contributed by atoms with E-state index in [1.54, 1.807) is 6.92 Å². The Morgan fingerprint density at radius 1 is 1.52 bits per heavy atom. The molecule has 0 radical (unpaired) electrons. The number of hydrogen-bond donors (Lipinski definition) is 1. The van der Waals surface area contributed by atoms with Crippen LogP contribution in [0.15, 0.2) is 23.7 Å². The molecule has 126 valence electrons. The molecule has 2 N–H and O–H groups in total. The first kappa shape index (κ1) is 18.9. The first-order chi connectivity index (χ1) is 10.8. The van der Waals surface area contributed by atoms with E-state index >= 15 is 0 Å². The smallest absolute Gasteiger partial charge is 0.359 e. The van der Waals surface area contributed by atoms with Crippen molar-refractivity contribution >= 4 is 23.9 Å². The molecule has 0 fully saturated rings. The fourth-order valence-electron chi connectivity index (χ4n) is 1.81. The summed E-state index contributed by atoms with van der Waals surface area (Å²) < 4.78 is 19.5. The van der Waals surface area contributed by atoms with E-state index in [2.05, 4.69) is 5.10 Å². The quantitative estimate of drug-likeness (QED) is 0.467. The van der Waals surface area contributed by atoms with Gasteiger partial charge in [-0.3, -0.25) is 4.79 Å². The fourth-order valence-corrected chi connectivity index (χ4v) is 2.04. The summed E-state index contributed by atoms with van der Waals surface area (Å²) in [6.45, 7) is 5.61. The number of aldehydes is 1. The van der Waals surface area contributed by atoms with Gasteiger partial charge >= 0.3 is 5.97 Å². The molecule has 0 saturated carbocycles. The number of allylic oxidation sites excluding steroid dienone is 3. The Morgan fingerprint density at radius 3 is 2.65 bits per heavy atom. The molecule has 0 aliphatic carbocycles. The number of halogens is 2. The minimum absolute atomic E-state index is 0.00765. The van der Waals surface area contributed by atoms with Crippen LogP contribution in [0.25, 0.3) is 0 Å². The molecule has 0 atom stereocenters. The summed E-state index contributed by atoms with van der Waals surface area (Å²) in [7, 11) is 0. The molecule has 0 amide bonds. The number of ether oxygens (including phenoxy) is 1. The maximum atomic E-state index is 13.4. The molecule has 8 heteroatoms. The van der Waals surface area contributed by atoms with E-state index in [-0.39, 0.29) is 35.5 Å². The lowest BCUT2D eigenvalue weighted by Crippen LogP contribution is -2.11. The molecular weight excluding hydrogens is 325 g/mol. The zero-order valence-corrected chi connectivity index (χ0v) is 13.9. The van der Waals surface area contributed by atoms with Crippen molar-refractivity contribution in [2.75, 3.05) is 6.61 Å². The average Bonchev–Trinajstić information content (AvgIpc) is 2.82. The van der Waals surface area contributed by atoms with E-state index < -0.39 is 11.8 Å². The molecule has 0 unspecified atom stereocenters. The number of carbonyl (C=O) groups is 2. The zero-order valence-electron chi connectivity index (χ0n) is 13.2. The maximum Gasteiger partial charge on any atom is 0.359 e. The summed E-state index contributed by atoms with van der Waals surface area (Å²) in [6.07, 6.45) is 2.55. The molecule has 0 aliphatic rings. The molecule has 0 aromatic carbocycles. The molecule has 0 bridgehead atoms. The van der Waals surface area contributed by atoms with Gasteiger partial charge in [0.2, 0.25) is 0 Å². The predicted molar refractivity (Wildman–Crippen MR) is 84.9 cm³/mol. The highest BCUT2D eigenvalue weighted by molar-refractivity contribution is 6.32. The van der Waals surface area contributed by atoms with Gasteiger partial charge in [-0.2, -0.15) is 5.10 Å². The predicted octanol–water partition coefficient (Wildman–Crippen LogP) is 2.88. The number of hydrogen-bond acceptors (Lipinski definition) is 5. The second-order valence-electron chi connectivity index (χ2n) is 4.97. The van der Waals surface area contributed by atoms with Crippen molar-refractivity contribution in [3.63, 3.8) is 0 Å². The molecule has 1 rings (SSSR count). The minimum Gasteiger partial charge on any atom is -0.461 e. The van der Waals surface area contributed by atoms with Gasteiger partial charge in [0.25, 0.3) is 0 Å². The topological polar surface area (TPSA) is 87.2 Å². The second kappa shape index (κ2) is 8.47. The Kier molecular flexibility index (Phi) is 6.96. The van der Waals surface area contributed by atoms with Gasteiger partial charge < -0.3 is 10.5 Å². The van der Waals surface area contributed by atoms with E-state index in [0.717, 1.165) is 6.20 Å². The highest BCUT2D eigenvalue weighted by atomic mass is 35.5. The number of nitrogens with zero attached hydrogens (tertiary/aromatic N) is 2. The lowest BCUT2D eigenvalue weighted by atomic mass is 10.0. The van der Waals surface area contributed by atoms with E-state index in [1.165, 1.54) is 10.8 Å². The summed E-state index contributed by atoms with van der Waals surface area (Å²) in [5, 5.41) is 4.01. The van der Waals surface area contributed by atoms with Gasteiger partial charge in [-0.1, -0.05) is 25.4 Å². The Hall–Kier alpha value is -2.15. The molecule has 0 spiro atoms. The van der Waals surface area contributed by atoms with Gasteiger partial charge in [-0.25, -0.2) is 13.9 Å². The molecule has 0 aliphatic heterocycles. The van der Waals surface area contributed by atoms with Gasteiger partial charge in [0.05, 0.1) is 18.7 Å². The summed E-state index contributed by atoms with van der Waals surface area (Å²) in [5.74, 6) is -1.36. The van der Waals surface area contributed by atoms with Crippen LogP contribution in [0.3, 0.4) is 0 Å². The van der Waals surface area contributed by atoms with Crippen LogP contribution >= 0.6 is 11.6 Å². The van der Waals surface area contributed by atoms with Crippen molar-refractivity contribution in [3.05, 3.63) is 40.1 Å². The van der Waals surface area contributed by atoms with Crippen LogP contribution < -0.4 is 5.73 Å². The number of aromatic nitrogens is 2. The average molecular weight is 344 g/mol. The molecule has 23 heavy (non-hydrogen) atoms. The lowest BCUT2D eigenvalue weighted by Gasteiger charge is -2.12. The standard InChI is InChI=1S/C15H19ClFN3O3/c1-4-23-15(22)13-12(8-21)14(16)20(19-13)7-10(9(2)3)5-11(17)6-18/h5-6,8-9H,4,7,18H2,1-3H3/b10-5-,11-6+. The highest BCUT2D eigenvalue weighted by Gasteiger charge is 2.23. The van der Waals surface area contributed by atoms with E-state index in [9.17, 15) is 14.0 Å². The molecular formula is C15H19ClFN3O3. The maximum absolute atomic E-state index is 13.4. The van der Waals surface area contributed by atoms with Crippen molar-refractivity contribution in [2.45, 2.75) is 27.3 Å². The van der Waals surface area contributed by atoms with Crippen LogP contribution in [0, 0.1) is 5.92 Å². The van der Waals surface area contributed by atoms with Crippen molar-refractivity contribution in [1.29, 1.82) is 0 Å². The van der Waals surface area contributed by atoms with E-state index in [4.69, 9.17) is 22.1 Å². The van der Waals surface area contributed by atoms with Gasteiger partial charge in [0, 0.05) is 6.20 Å². The summed E-state index contributed by atoms with van der Waals surface area (Å²) in [6, 6.07) is 0. The van der Waals surface area contributed by atoms with Crippen LogP contribution in [0.4, 0.5) is 4.39 Å². The molecule has 1 heterocycles. The van der Waals surface area contributed by atoms with Crippen LogP contribution in [-0.2, 0) is 11.3 Å². The van der Waals surface area contributed by atoms with Crippen LogP contribution in [-0.4, -0.2) is 28.6 Å². The Labute approximate surface area is 138 Å². The molecule has 6 nitrogen and oxygen atoms in total. The SMILES string of the molecule is CCOC(=O)c1nn(C/C(=C/C(F)=C\N)C(C)C)c(Cl)c1C=O. The third-order valence-corrected chi connectivity index (χ3v) is 3.47. The van der Waals surface area contributed by atoms with Crippen molar-refractivity contribution in [2.24, 2.45) is 11.7 Å². The van der Waals surface area contributed by atoms with Crippen molar-refractivity contribution < 1.29 is 18.7 Å². The number of carbonyl (C=O) groups excluding carboxylic acids is 2. The van der Waals surface area contributed by atoms with Gasteiger partial charge in [0.1, 0.15) is 11.0 Å². The zero-order chi connectivity index (χ0) is 17.6. The number of esters is 1. The summed E-state index contributed by atoms with van der Waals surface area (Å²) in [4.78, 5) is 23.0. The minimum atomic E-state index is -0.738. The van der Waals surface area contributed by atoms with Gasteiger partial charge in [-0.15, -0.1) is 0 Å². The lowest BCUT2D eigenvalue weighted by molar-refractivity contribution is 0.0516. The van der Waals surface area contributed by atoms with Gasteiger partial charge in [0.15, 0.2) is 12.0 Å². The van der Waals surface area contributed by atoms with Crippen molar-refractivity contribution in [3.8, 4) is 0 Å². The number of nitrogens with two attached hydrogens (primary N) is 1. The monoisotopic (exact) mass is 343 g/mol. The van der Waals surface area contributed by atoms with Crippen LogP contribution in [0.5, 0.6) is 0 Å². The first-order valence-corrected chi connectivity index (χ1v) is 7.39. The summed E-state index contributed by atoms with van der Waals surface area (Å²) in [5.41, 5.74) is 5.55. The Balaban J connectivity index is 3.25. The molecule has 1 aromatic heterocycles. The Morgan fingerprint density at radius 2 is 2.17 bits per heavy atom. The fraction of sp³-hybridized carbons (Fsp3) is 0.400. The largest absolute Gasteiger partial charge is 0.461 e. The van der Waals surface area contributed by atoms with E-state index in [0.29, 0.717) is 11.9 Å². The normalized spacial score (nSPS) is 12.6. The third-order valence-electron chi connectivity index (χ3n) is 3.07. The molecule has 0 saturated heterocycles. The highest BCUT2D eigenvalue weighted by Crippen LogP contribution is 2.23. The van der Waals surface area contributed by atoms with Crippen LogP contribution in [0.2, 0.25) is 5.15 Å². The van der Waals surface area contributed by atoms with E-state index in [1.807, 2.05) is 13.8 Å². The Bertz CT molecular complexity index is 651. The van der Waals surface area contributed by atoms with Gasteiger partial charge in [-0.05, 0) is 24.5 Å². The first-order valence-electron chi connectivity index (χ1n) is 7.02. The second-order valence-corrected chi connectivity index (χ2v) is 5.33. The third kappa shape index (κ3) is 4.66. The van der Waals surface area contributed by atoms with Crippen molar-refractivity contribution in [1.82, 2.24) is 9.78 Å². The van der Waals surface area contributed by atoms with Crippen LogP contribution in [0.1, 0.15) is 41.6 Å². The summed E-state index contributed by atoms with van der Waals surface area (Å²) >= 11 is 6.09. The number of rotatable bonds is 7. The molecule has 1 aromatic rings.